The number of halogens is 1. The maximum Gasteiger partial charge on any atom is 0.280 e. The standard InChI is InChI=1S/C31H33FN4O/c1-3-21-8-4-6-10-25(30(21)23-12-13-27(32)20(2)16-23)22-14-15-36-29(17-22)26(19-35-36)31(37)34-18-24-9-5-7-11-28(24)33/h4,6,8,10,12-19,21,24,28H,3,5,7,9,11,33H2,1-2H3. The van der Waals surface area contributed by atoms with Crippen LogP contribution in [0.15, 0.2) is 72.0 Å². The van der Waals surface area contributed by atoms with Gasteiger partial charge in [-0.05, 0) is 78.3 Å². The molecular weight excluding hydrogens is 463 g/mol. The molecule has 5 nitrogen and oxygen atoms in total. The summed E-state index contributed by atoms with van der Waals surface area (Å²) in [6, 6.07) is 9.36. The highest BCUT2D eigenvalue weighted by atomic mass is 19.1. The van der Waals surface area contributed by atoms with Crippen molar-refractivity contribution in [3.8, 4) is 0 Å². The predicted octanol–water partition coefficient (Wildman–Crippen LogP) is 6.57. The molecule has 1 aromatic carbocycles. The summed E-state index contributed by atoms with van der Waals surface area (Å²) < 4.78 is 15.8. The Balaban J connectivity index is 1.57. The largest absolute Gasteiger partial charge is 0.327 e. The first-order valence-electron chi connectivity index (χ1n) is 13.1. The maximum atomic E-state index is 14.1. The van der Waals surface area contributed by atoms with Gasteiger partial charge in [0, 0.05) is 30.3 Å². The lowest BCUT2D eigenvalue weighted by Gasteiger charge is -2.24. The van der Waals surface area contributed by atoms with Crippen LogP contribution in [-0.2, 0) is 0 Å². The number of pyridine rings is 1. The number of nitrogens with zero attached hydrogens (tertiary/aromatic N) is 3. The van der Waals surface area contributed by atoms with E-state index in [2.05, 4.69) is 35.2 Å². The second-order valence-electron chi connectivity index (χ2n) is 10.0. The van der Waals surface area contributed by atoms with Crippen LogP contribution >= 0.6 is 0 Å². The van der Waals surface area contributed by atoms with Gasteiger partial charge >= 0.3 is 0 Å². The van der Waals surface area contributed by atoms with E-state index in [4.69, 9.17) is 5.73 Å². The number of nitrogens with two attached hydrogens (primary N) is 1. The number of aryl methyl sites for hydroxylation is 1. The van der Waals surface area contributed by atoms with Crippen LogP contribution in [0.25, 0.3) is 16.7 Å². The number of amides is 1. The molecule has 0 saturated heterocycles. The van der Waals surface area contributed by atoms with Gasteiger partial charge in [-0.15, -0.1) is 0 Å². The molecule has 3 aromatic rings. The van der Waals surface area contributed by atoms with Crippen LogP contribution in [0, 0.1) is 24.6 Å². The van der Waals surface area contributed by atoms with Crippen LogP contribution < -0.4 is 5.73 Å². The molecule has 0 radical (unpaired) electrons. The van der Waals surface area contributed by atoms with Crippen LogP contribution in [-0.4, -0.2) is 27.8 Å². The fraction of sp³-hybridized carbons (Fsp3) is 0.323. The molecular formula is C31H33FN4O. The van der Waals surface area contributed by atoms with Gasteiger partial charge < -0.3 is 5.73 Å². The lowest BCUT2D eigenvalue weighted by Crippen LogP contribution is -2.34. The summed E-state index contributed by atoms with van der Waals surface area (Å²) >= 11 is 0. The number of allylic oxidation sites excluding steroid dienone is 6. The third-order valence-electron chi connectivity index (χ3n) is 7.61. The summed E-state index contributed by atoms with van der Waals surface area (Å²) in [5, 5.41) is 4.39. The van der Waals surface area contributed by atoms with Gasteiger partial charge in [-0.1, -0.05) is 50.1 Å². The monoisotopic (exact) mass is 496 g/mol. The topological polar surface area (TPSA) is 72.8 Å². The van der Waals surface area contributed by atoms with Gasteiger partial charge in [0.15, 0.2) is 0 Å². The van der Waals surface area contributed by atoms with Crippen molar-refractivity contribution in [2.45, 2.75) is 52.0 Å². The van der Waals surface area contributed by atoms with Gasteiger partial charge in [0.05, 0.1) is 17.3 Å². The number of aromatic nitrogens is 2. The average Bonchev–Trinajstić information content (AvgIpc) is 3.21. The number of carbonyl (C=O) groups is 1. The lowest BCUT2D eigenvalue weighted by atomic mass is 9.84. The Morgan fingerprint density at radius 1 is 1.19 bits per heavy atom. The molecule has 0 aliphatic heterocycles. The molecule has 3 unspecified atom stereocenters. The summed E-state index contributed by atoms with van der Waals surface area (Å²) in [7, 11) is 0. The van der Waals surface area contributed by atoms with E-state index in [-0.39, 0.29) is 29.6 Å². The second kappa shape index (κ2) is 10.8. The summed E-state index contributed by atoms with van der Waals surface area (Å²) in [6.07, 6.45) is 18.7. The molecule has 1 amide bonds. The van der Waals surface area contributed by atoms with E-state index >= 15 is 0 Å². The third-order valence-corrected chi connectivity index (χ3v) is 7.61. The molecule has 2 heterocycles. The van der Waals surface area contributed by atoms with Crippen molar-refractivity contribution in [2.24, 2.45) is 22.6 Å². The molecule has 2 aliphatic rings. The van der Waals surface area contributed by atoms with Gasteiger partial charge in [0.1, 0.15) is 5.82 Å². The quantitative estimate of drug-likeness (QED) is 0.406. The number of hydrogen-bond acceptors (Lipinski definition) is 3. The molecule has 0 bridgehead atoms. The Bertz CT molecular complexity index is 1440. The van der Waals surface area contributed by atoms with E-state index in [1.54, 1.807) is 23.9 Å². The summed E-state index contributed by atoms with van der Waals surface area (Å²) in [6.45, 7) is 3.95. The van der Waals surface area contributed by atoms with Crippen molar-refractivity contribution < 1.29 is 9.18 Å². The lowest BCUT2D eigenvalue weighted by molar-refractivity contribution is 0.100. The van der Waals surface area contributed by atoms with Crippen molar-refractivity contribution in [1.29, 1.82) is 0 Å². The number of fused-ring (bicyclic) bond motifs is 1. The Labute approximate surface area is 217 Å². The van der Waals surface area contributed by atoms with Crippen molar-refractivity contribution in [3.05, 3.63) is 95.1 Å². The Kier molecular flexibility index (Phi) is 7.28. The first-order valence-corrected chi connectivity index (χ1v) is 13.1. The van der Waals surface area contributed by atoms with Crippen LogP contribution in [0.3, 0.4) is 0 Å². The van der Waals surface area contributed by atoms with Crippen molar-refractivity contribution in [2.75, 3.05) is 0 Å². The summed E-state index contributed by atoms with van der Waals surface area (Å²) in [5.74, 6) is -0.215. The number of carbonyl (C=O) groups excluding carboxylic acids is 1. The second-order valence-corrected chi connectivity index (χ2v) is 10.0. The normalized spacial score (nSPS) is 22.2. The molecule has 2 aliphatic carbocycles. The summed E-state index contributed by atoms with van der Waals surface area (Å²) in [5.41, 5.74) is 12.2. The SMILES string of the molecule is CCC1C=CC=CC(c2ccn3ncc(C(=O)N=CC4CCCCC4N)c3c2)=C1c1ccc(F)c(C)c1. The molecule has 2 aromatic heterocycles. The molecule has 1 saturated carbocycles. The smallest absolute Gasteiger partial charge is 0.280 e. The molecule has 0 spiro atoms. The minimum atomic E-state index is -0.308. The van der Waals surface area contributed by atoms with E-state index in [1.165, 1.54) is 6.07 Å². The van der Waals surface area contributed by atoms with E-state index in [0.717, 1.165) is 54.4 Å². The fourth-order valence-electron chi connectivity index (χ4n) is 5.43. The fourth-order valence-corrected chi connectivity index (χ4v) is 5.43. The Hall–Kier alpha value is -3.64. The van der Waals surface area contributed by atoms with Crippen LogP contribution in [0.1, 0.15) is 66.1 Å². The van der Waals surface area contributed by atoms with Crippen molar-refractivity contribution in [1.82, 2.24) is 9.61 Å². The molecule has 1 fully saturated rings. The molecule has 6 heteroatoms. The first-order chi connectivity index (χ1) is 18.0. The molecule has 5 rings (SSSR count). The van der Waals surface area contributed by atoms with Gasteiger partial charge in [-0.25, -0.2) is 13.9 Å². The Morgan fingerprint density at radius 2 is 2.03 bits per heavy atom. The van der Waals surface area contributed by atoms with Gasteiger partial charge in [0.25, 0.3) is 5.91 Å². The van der Waals surface area contributed by atoms with Crippen molar-refractivity contribution in [3.63, 3.8) is 0 Å². The number of hydrogen-bond donors (Lipinski definition) is 1. The highest BCUT2D eigenvalue weighted by Crippen LogP contribution is 2.38. The third kappa shape index (κ3) is 5.12. The zero-order valence-electron chi connectivity index (χ0n) is 21.4. The summed E-state index contributed by atoms with van der Waals surface area (Å²) in [4.78, 5) is 17.4. The van der Waals surface area contributed by atoms with E-state index in [1.807, 2.05) is 36.5 Å². The molecule has 190 valence electrons. The average molecular weight is 497 g/mol. The minimum Gasteiger partial charge on any atom is -0.327 e. The van der Waals surface area contributed by atoms with Gasteiger partial charge in [-0.2, -0.15) is 5.10 Å². The molecule has 2 N–H and O–H groups in total. The molecule has 3 atom stereocenters. The highest BCUT2D eigenvalue weighted by molar-refractivity contribution is 6.05. The minimum absolute atomic E-state index is 0.0587. The number of benzene rings is 1. The predicted molar refractivity (Wildman–Crippen MR) is 148 cm³/mol. The van der Waals surface area contributed by atoms with Crippen LogP contribution in [0.4, 0.5) is 4.39 Å². The van der Waals surface area contributed by atoms with Crippen molar-refractivity contribution >= 4 is 28.8 Å². The zero-order chi connectivity index (χ0) is 25.9. The molecule has 37 heavy (non-hydrogen) atoms. The van der Waals surface area contributed by atoms with E-state index in [9.17, 15) is 9.18 Å². The Morgan fingerprint density at radius 3 is 2.81 bits per heavy atom. The van der Waals surface area contributed by atoms with Gasteiger partial charge in [0.2, 0.25) is 0 Å². The number of aliphatic imine (C=N–C) groups is 1. The highest BCUT2D eigenvalue weighted by Gasteiger charge is 2.22. The van der Waals surface area contributed by atoms with Crippen LogP contribution in [0.2, 0.25) is 0 Å². The van der Waals surface area contributed by atoms with Gasteiger partial charge in [-0.3, -0.25) is 4.79 Å². The van der Waals surface area contributed by atoms with E-state index < -0.39 is 0 Å². The zero-order valence-corrected chi connectivity index (χ0v) is 21.4. The first kappa shape index (κ1) is 25.0. The maximum absolute atomic E-state index is 14.1. The number of rotatable bonds is 5. The van der Waals surface area contributed by atoms with E-state index in [0.29, 0.717) is 16.6 Å². The van der Waals surface area contributed by atoms with Crippen LogP contribution in [0.5, 0.6) is 0 Å².